The number of hydrogen-bond acceptors (Lipinski definition) is 4. The summed E-state index contributed by atoms with van der Waals surface area (Å²) in [5.74, 6) is 0.138. The number of rotatable bonds is 3. The average molecular weight is 252 g/mol. The highest BCUT2D eigenvalue weighted by Crippen LogP contribution is 2.20. The van der Waals surface area contributed by atoms with Crippen LogP contribution in [0.2, 0.25) is 0 Å². The van der Waals surface area contributed by atoms with Crippen molar-refractivity contribution in [3.8, 4) is 0 Å². The van der Waals surface area contributed by atoms with E-state index in [1.54, 1.807) is 6.08 Å². The van der Waals surface area contributed by atoms with Gasteiger partial charge in [-0.25, -0.2) is 8.42 Å². The molecule has 1 aromatic carbocycles. The number of hydrogen-bond donors (Lipinski definition) is 1. The van der Waals surface area contributed by atoms with Crippen molar-refractivity contribution in [1.29, 1.82) is 0 Å². The Morgan fingerprint density at radius 2 is 2.12 bits per heavy atom. The van der Waals surface area contributed by atoms with E-state index in [-0.39, 0.29) is 11.8 Å². The van der Waals surface area contributed by atoms with Crippen LogP contribution in [0, 0.1) is 0 Å². The normalized spacial score (nSPS) is 21.4. The van der Waals surface area contributed by atoms with Crippen LogP contribution >= 0.6 is 0 Å². The van der Waals surface area contributed by atoms with E-state index in [2.05, 4.69) is 5.32 Å². The average Bonchev–Trinajstić information content (AvgIpc) is 2.58. The minimum atomic E-state index is -3.00. The Balaban J connectivity index is 2.10. The molecule has 1 aliphatic rings. The number of nitrogens with zero attached hydrogens (tertiary/aromatic N) is 1. The summed E-state index contributed by atoms with van der Waals surface area (Å²) in [6.07, 6.45) is 1.69. The number of nitrogens with one attached hydrogen (secondary N) is 1. The van der Waals surface area contributed by atoms with Crippen LogP contribution in [-0.2, 0) is 9.84 Å². The summed E-state index contributed by atoms with van der Waals surface area (Å²) in [4.78, 5) is 2.01. The van der Waals surface area contributed by atoms with Crippen molar-refractivity contribution in [2.75, 3.05) is 30.1 Å². The van der Waals surface area contributed by atoms with Crippen LogP contribution in [0.25, 0.3) is 0 Å². The van der Waals surface area contributed by atoms with Gasteiger partial charge in [0, 0.05) is 30.9 Å². The van der Waals surface area contributed by atoms with Crippen LogP contribution in [0.4, 0.5) is 11.4 Å². The van der Waals surface area contributed by atoms with Crippen molar-refractivity contribution in [3.05, 3.63) is 35.7 Å². The molecule has 0 aromatic heterocycles. The van der Waals surface area contributed by atoms with E-state index < -0.39 is 9.84 Å². The van der Waals surface area contributed by atoms with Gasteiger partial charge < -0.3 is 10.2 Å². The monoisotopic (exact) mass is 252 g/mol. The maximum absolute atomic E-state index is 11.3. The lowest BCUT2D eigenvalue weighted by molar-refractivity contribution is 0.605. The van der Waals surface area contributed by atoms with Crippen LogP contribution in [-0.4, -0.2) is 34.3 Å². The minimum absolute atomic E-state index is 0.127. The molecule has 1 N–H and O–H groups in total. The fourth-order valence-corrected chi connectivity index (χ4v) is 2.99. The third-order valence-corrected chi connectivity index (χ3v) is 4.04. The summed E-state index contributed by atoms with van der Waals surface area (Å²) in [5.41, 5.74) is 2.02. The zero-order valence-electron chi connectivity index (χ0n) is 9.92. The van der Waals surface area contributed by atoms with E-state index in [0.29, 0.717) is 0 Å². The van der Waals surface area contributed by atoms with Crippen LogP contribution in [0.3, 0.4) is 0 Å². The molecular weight excluding hydrogens is 236 g/mol. The highest BCUT2D eigenvalue weighted by molar-refractivity contribution is 7.94. The molecule has 5 heteroatoms. The fraction of sp³-hybridized carbons (Fsp3) is 0.333. The van der Waals surface area contributed by atoms with Gasteiger partial charge in [-0.05, 0) is 18.2 Å². The first kappa shape index (κ1) is 12.0. The second-order valence-electron chi connectivity index (χ2n) is 4.35. The zero-order valence-corrected chi connectivity index (χ0v) is 10.7. The van der Waals surface area contributed by atoms with Crippen molar-refractivity contribution in [1.82, 2.24) is 0 Å². The molecule has 1 atom stereocenters. The molecule has 0 aliphatic carbocycles. The molecule has 1 aromatic rings. The summed E-state index contributed by atoms with van der Waals surface area (Å²) in [7, 11) is 0.947. The lowest BCUT2D eigenvalue weighted by Crippen LogP contribution is -2.21. The third-order valence-electron chi connectivity index (χ3n) is 2.64. The molecule has 92 valence electrons. The quantitative estimate of drug-likeness (QED) is 0.885. The lowest BCUT2D eigenvalue weighted by Gasteiger charge is -2.16. The van der Waals surface area contributed by atoms with Gasteiger partial charge in [0.15, 0.2) is 9.84 Å². The fourth-order valence-electron chi connectivity index (χ4n) is 1.75. The molecule has 1 heterocycles. The predicted molar refractivity (Wildman–Crippen MR) is 71.1 cm³/mol. The van der Waals surface area contributed by atoms with Gasteiger partial charge in [0.05, 0.1) is 11.8 Å². The van der Waals surface area contributed by atoms with Crippen molar-refractivity contribution in [2.45, 2.75) is 6.04 Å². The van der Waals surface area contributed by atoms with E-state index in [0.717, 1.165) is 11.4 Å². The first-order chi connectivity index (χ1) is 7.96. The summed E-state index contributed by atoms with van der Waals surface area (Å²) in [6, 6.07) is 7.76. The van der Waals surface area contributed by atoms with Gasteiger partial charge >= 0.3 is 0 Å². The Labute approximate surface area is 102 Å². The Bertz CT molecular complexity index is 535. The minimum Gasteiger partial charge on any atom is -0.378 e. The molecule has 0 amide bonds. The molecule has 0 fully saturated rings. The molecule has 2 rings (SSSR count). The molecule has 0 unspecified atom stereocenters. The van der Waals surface area contributed by atoms with Crippen molar-refractivity contribution >= 4 is 21.2 Å². The maximum atomic E-state index is 11.3. The van der Waals surface area contributed by atoms with Gasteiger partial charge in [-0.15, -0.1) is 0 Å². The van der Waals surface area contributed by atoms with Crippen LogP contribution in [0.15, 0.2) is 35.7 Å². The second-order valence-corrected chi connectivity index (χ2v) is 6.28. The lowest BCUT2D eigenvalue weighted by atomic mass is 10.2. The summed E-state index contributed by atoms with van der Waals surface area (Å²) < 4.78 is 22.5. The van der Waals surface area contributed by atoms with Gasteiger partial charge in [-0.2, -0.15) is 0 Å². The van der Waals surface area contributed by atoms with Gasteiger partial charge in [-0.3, -0.25) is 0 Å². The first-order valence-corrected chi connectivity index (χ1v) is 7.13. The topological polar surface area (TPSA) is 49.4 Å². The molecule has 0 saturated heterocycles. The Hall–Kier alpha value is -1.49. The summed E-state index contributed by atoms with van der Waals surface area (Å²) >= 11 is 0. The summed E-state index contributed by atoms with van der Waals surface area (Å²) in [5, 5.41) is 4.48. The third kappa shape index (κ3) is 3.00. The number of benzene rings is 1. The Kier molecular flexibility index (Phi) is 3.11. The highest BCUT2D eigenvalue weighted by Gasteiger charge is 2.21. The Morgan fingerprint density at radius 3 is 2.71 bits per heavy atom. The molecule has 17 heavy (non-hydrogen) atoms. The molecule has 0 saturated carbocycles. The van der Waals surface area contributed by atoms with Gasteiger partial charge in [0.1, 0.15) is 0 Å². The van der Waals surface area contributed by atoms with E-state index in [4.69, 9.17) is 0 Å². The maximum Gasteiger partial charge on any atom is 0.173 e. The van der Waals surface area contributed by atoms with E-state index >= 15 is 0 Å². The van der Waals surface area contributed by atoms with Crippen LogP contribution in [0.5, 0.6) is 0 Å². The smallest absolute Gasteiger partial charge is 0.173 e. The van der Waals surface area contributed by atoms with Gasteiger partial charge in [-0.1, -0.05) is 12.1 Å². The van der Waals surface area contributed by atoms with Gasteiger partial charge in [0.25, 0.3) is 0 Å². The SMILES string of the molecule is CN(C)c1cccc(N[C@H]2C=CS(=O)(=O)C2)c1. The summed E-state index contributed by atoms with van der Waals surface area (Å²) in [6.45, 7) is 0. The molecule has 0 radical (unpaired) electrons. The molecule has 4 nitrogen and oxygen atoms in total. The number of sulfone groups is 1. The predicted octanol–water partition coefficient (Wildman–Crippen LogP) is 1.48. The van der Waals surface area contributed by atoms with Crippen molar-refractivity contribution in [2.24, 2.45) is 0 Å². The first-order valence-electron chi connectivity index (χ1n) is 5.41. The largest absolute Gasteiger partial charge is 0.378 e. The van der Waals surface area contributed by atoms with Crippen molar-refractivity contribution in [3.63, 3.8) is 0 Å². The van der Waals surface area contributed by atoms with Crippen molar-refractivity contribution < 1.29 is 8.42 Å². The second kappa shape index (κ2) is 4.41. The zero-order chi connectivity index (χ0) is 12.5. The Morgan fingerprint density at radius 1 is 1.35 bits per heavy atom. The van der Waals surface area contributed by atoms with E-state index in [1.807, 2.05) is 43.3 Å². The molecular formula is C12H16N2O2S. The number of anilines is 2. The van der Waals surface area contributed by atoms with E-state index in [1.165, 1.54) is 5.41 Å². The van der Waals surface area contributed by atoms with Gasteiger partial charge in [0.2, 0.25) is 0 Å². The standard InChI is InChI=1S/C12H16N2O2S/c1-14(2)12-5-3-4-10(8-12)13-11-6-7-17(15,16)9-11/h3-8,11,13H,9H2,1-2H3/t11-/m0/s1. The molecule has 1 aliphatic heterocycles. The highest BCUT2D eigenvalue weighted by atomic mass is 32.2. The van der Waals surface area contributed by atoms with Crippen LogP contribution < -0.4 is 10.2 Å². The molecule has 0 bridgehead atoms. The van der Waals surface area contributed by atoms with Crippen LogP contribution in [0.1, 0.15) is 0 Å². The molecule has 0 spiro atoms. The van der Waals surface area contributed by atoms with E-state index in [9.17, 15) is 8.42 Å².